The number of hydrogen-bond acceptors (Lipinski definition) is 2. The molecule has 0 unspecified atom stereocenters. The first-order chi connectivity index (χ1) is 9.26. The van der Waals surface area contributed by atoms with Crippen molar-refractivity contribution in [1.29, 1.82) is 0 Å². The summed E-state index contributed by atoms with van der Waals surface area (Å²) < 4.78 is 6.15. The maximum Gasteiger partial charge on any atom is 0.0603 e. The summed E-state index contributed by atoms with van der Waals surface area (Å²) in [7, 11) is 0. The lowest BCUT2D eigenvalue weighted by molar-refractivity contribution is -0.101. The Morgan fingerprint density at radius 1 is 0.789 bits per heavy atom. The fourth-order valence-electron chi connectivity index (χ4n) is 3.06. The summed E-state index contributed by atoms with van der Waals surface area (Å²) in [6, 6.07) is 0. The Kier molecular flexibility index (Phi) is 9.54. The highest BCUT2D eigenvalue weighted by atomic mass is 16.5. The molecule has 1 fully saturated rings. The van der Waals surface area contributed by atoms with E-state index in [0.29, 0.717) is 12.2 Å². The van der Waals surface area contributed by atoms with Crippen LogP contribution in [0.4, 0.5) is 0 Å². The highest BCUT2D eigenvalue weighted by Gasteiger charge is 2.27. The minimum absolute atomic E-state index is 0.124. The quantitative estimate of drug-likeness (QED) is 0.576. The SMILES string of the molecule is CCCCCCC[C@@H]1C[C@H](O)C[C@H](CCCCC)O1. The Morgan fingerprint density at radius 2 is 1.26 bits per heavy atom. The summed E-state index contributed by atoms with van der Waals surface area (Å²) in [5.74, 6) is 0. The molecule has 1 N–H and O–H groups in total. The zero-order valence-corrected chi connectivity index (χ0v) is 13.1. The second kappa shape index (κ2) is 10.7. The van der Waals surface area contributed by atoms with Crippen molar-refractivity contribution < 1.29 is 9.84 Å². The molecule has 0 aromatic rings. The van der Waals surface area contributed by atoms with E-state index in [1.54, 1.807) is 0 Å². The molecular weight excluding hydrogens is 236 g/mol. The van der Waals surface area contributed by atoms with E-state index in [-0.39, 0.29) is 6.10 Å². The van der Waals surface area contributed by atoms with Crippen molar-refractivity contribution in [2.24, 2.45) is 0 Å². The van der Waals surface area contributed by atoms with E-state index in [0.717, 1.165) is 25.7 Å². The number of ether oxygens (including phenoxy) is 1. The van der Waals surface area contributed by atoms with Crippen LogP contribution in [0.25, 0.3) is 0 Å². The van der Waals surface area contributed by atoms with Crippen molar-refractivity contribution in [3.8, 4) is 0 Å². The molecule has 0 radical (unpaired) electrons. The van der Waals surface area contributed by atoms with Gasteiger partial charge < -0.3 is 9.84 Å². The van der Waals surface area contributed by atoms with Crippen molar-refractivity contribution in [2.75, 3.05) is 0 Å². The van der Waals surface area contributed by atoms with Crippen LogP contribution in [-0.2, 0) is 4.74 Å². The third-order valence-corrected chi connectivity index (χ3v) is 4.21. The van der Waals surface area contributed by atoms with E-state index in [2.05, 4.69) is 13.8 Å². The summed E-state index contributed by atoms with van der Waals surface area (Å²) in [5.41, 5.74) is 0. The van der Waals surface area contributed by atoms with Crippen LogP contribution in [0.1, 0.15) is 90.9 Å². The van der Waals surface area contributed by atoms with E-state index in [4.69, 9.17) is 4.74 Å². The normalized spacial score (nSPS) is 27.6. The summed E-state index contributed by atoms with van der Waals surface area (Å²) >= 11 is 0. The van der Waals surface area contributed by atoms with Gasteiger partial charge in [-0.25, -0.2) is 0 Å². The highest BCUT2D eigenvalue weighted by molar-refractivity contribution is 4.77. The van der Waals surface area contributed by atoms with Crippen molar-refractivity contribution in [1.82, 2.24) is 0 Å². The van der Waals surface area contributed by atoms with E-state index >= 15 is 0 Å². The Balaban J connectivity index is 2.14. The maximum absolute atomic E-state index is 9.97. The highest BCUT2D eigenvalue weighted by Crippen LogP contribution is 2.26. The molecule has 114 valence electrons. The summed E-state index contributed by atoms with van der Waals surface area (Å²) in [5, 5.41) is 9.97. The van der Waals surface area contributed by atoms with Gasteiger partial charge in [-0.3, -0.25) is 0 Å². The molecule has 0 spiro atoms. The zero-order chi connectivity index (χ0) is 13.9. The molecule has 1 aliphatic heterocycles. The Morgan fingerprint density at radius 3 is 1.84 bits per heavy atom. The predicted molar refractivity (Wildman–Crippen MR) is 81.4 cm³/mol. The number of unbranched alkanes of at least 4 members (excludes halogenated alkanes) is 6. The van der Waals surface area contributed by atoms with Crippen LogP contribution in [0.3, 0.4) is 0 Å². The number of hydrogen-bond donors (Lipinski definition) is 1. The molecule has 3 atom stereocenters. The maximum atomic E-state index is 9.97. The summed E-state index contributed by atoms with van der Waals surface area (Å²) in [4.78, 5) is 0. The van der Waals surface area contributed by atoms with Gasteiger partial charge in [-0.2, -0.15) is 0 Å². The first-order valence-corrected chi connectivity index (χ1v) is 8.59. The zero-order valence-electron chi connectivity index (χ0n) is 13.1. The van der Waals surface area contributed by atoms with Gasteiger partial charge in [0.1, 0.15) is 0 Å². The van der Waals surface area contributed by atoms with Crippen LogP contribution in [0.2, 0.25) is 0 Å². The molecule has 1 aliphatic rings. The van der Waals surface area contributed by atoms with Crippen LogP contribution in [0, 0.1) is 0 Å². The molecule has 0 saturated carbocycles. The van der Waals surface area contributed by atoms with Crippen LogP contribution in [0.15, 0.2) is 0 Å². The fourth-order valence-corrected chi connectivity index (χ4v) is 3.06. The molecule has 1 saturated heterocycles. The fraction of sp³-hybridized carbons (Fsp3) is 1.00. The molecule has 2 nitrogen and oxygen atoms in total. The number of aliphatic hydroxyl groups excluding tert-OH is 1. The summed E-state index contributed by atoms with van der Waals surface area (Å²) in [6.45, 7) is 4.48. The summed E-state index contributed by atoms with van der Waals surface area (Å²) in [6.07, 6.45) is 14.9. The van der Waals surface area contributed by atoms with Gasteiger partial charge in [-0.15, -0.1) is 0 Å². The molecule has 19 heavy (non-hydrogen) atoms. The molecule has 0 amide bonds. The average molecular weight is 270 g/mol. The molecule has 1 heterocycles. The molecule has 0 aromatic carbocycles. The second-order valence-corrected chi connectivity index (χ2v) is 6.20. The van der Waals surface area contributed by atoms with Crippen molar-refractivity contribution >= 4 is 0 Å². The van der Waals surface area contributed by atoms with Crippen LogP contribution < -0.4 is 0 Å². The Hall–Kier alpha value is -0.0800. The smallest absolute Gasteiger partial charge is 0.0603 e. The van der Waals surface area contributed by atoms with E-state index < -0.39 is 0 Å². The van der Waals surface area contributed by atoms with Gasteiger partial charge in [0.2, 0.25) is 0 Å². The molecule has 0 aliphatic carbocycles. The first-order valence-electron chi connectivity index (χ1n) is 8.59. The topological polar surface area (TPSA) is 29.5 Å². The van der Waals surface area contributed by atoms with Crippen LogP contribution in [-0.4, -0.2) is 23.4 Å². The molecular formula is C17H34O2. The lowest BCUT2D eigenvalue weighted by atomic mass is 9.94. The van der Waals surface area contributed by atoms with Gasteiger partial charge in [0.15, 0.2) is 0 Å². The first kappa shape index (κ1) is 17.0. The van der Waals surface area contributed by atoms with Gasteiger partial charge in [0.05, 0.1) is 18.3 Å². The van der Waals surface area contributed by atoms with Gasteiger partial charge in [-0.05, 0) is 25.7 Å². The van der Waals surface area contributed by atoms with E-state index in [9.17, 15) is 5.11 Å². The van der Waals surface area contributed by atoms with Crippen LogP contribution >= 0.6 is 0 Å². The molecule has 0 bridgehead atoms. The Labute approximate surface area is 119 Å². The molecule has 2 heteroatoms. The monoisotopic (exact) mass is 270 g/mol. The lowest BCUT2D eigenvalue weighted by Gasteiger charge is -2.33. The molecule has 1 rings (SSSR count). The lowest BCUT2D eigenvalue weighted by Crippen LogP contribution is -2.35. The third kappa shape index (κ3) is 7.94. The van der Waals surface area contributed by atoms with E-state index in [1.807, 2.05) is 0 Å². The molecule has 0 aromatic heterocycles. The van der Waals surface area contributed by atoms with Gasteiger partial charge in [-0.1, -0.05) is 65.2 Å². The minimum Gasteiger partial charge on any atom is -0.393 e. The number of rotatable bonds is 10. The van der Waals surface area contributed by atoms with Gasteiger partial charge in [0.25, 0.3) is 0 Å². The van der Waals surface area contributed by atoms with Gasteiger partial charge >= 0.3 is 0 Å². The van der Waals surface area contributed by atoms with Crippen LogP contribution in [0.5, 0.6) is 0 Å². The number of aliphatic hydroxyl groups is 1. The Bertz CT molecular complexity index is 205. The van der Waals surface area contributed by atoms with Crippen molar-refractivity contribution in [3.05, 3.63) is 0 Å². The minimum atomic E-state index is -0.124. The largest absolute Gasteiger partial charge is 0.393 e. The van der Waals surface area contributed by atoms with Crippen molar-refractivity contribution in [2.45, 2.75) is 109 Å². The average Bonchev–Trinajstić information content (AvgIpc) is 2.38. The standard InChI is InChI=1S/C17H34O2/c1-3-5-7-8-10-12-17-14-15(18)13-16(19-17)11-9-6-4-2/h15-18H,3-14H2,1-2H3/t15-,16+,17-/m1/s1. The van der Waals surface area contributed by atoms with Crippen molar-refractivity contribution in [3.63, 3.8) is 0 Å². The van der Waals surface area contributed by atoms with Gasteiger partial charge in [0, 0.05) is 0 Å². The van der Waals surface area contributed by atoms with E-state index in [1.165, 1.54) is 51.4 Å². The second-order valence-electron chi connectivity index (χ2n) is 6.20. The predicted octanol–water partition coefficient (Wildman–Crippen LogP) is 4.84. The third-order valence-electron chi connectivity index (χ3n) is 4.21.